The van der Waals surface area contributed by atoms with Crippen LogP contribution in [0.3, 0.4) is 0 Å². The van der Waals surface area contributed by atoms with E-state index in [1.54, 1.807) is 18.5 Å². The zero-order valence-corrected chi connectivity index (χ0v) is 12.4. The molecular weight excluding hydrogens is 280 g/mol. The fraction of sp³-hybridized carbons (Fsp3) is 0.667. The quantitative estimate of drug-likeness (QED) is 0.614. The normalized spacial score (nSPS) is 21.2. The van der Waals surface area contributed by atoms with Crippen molar-refractivity contribution in [2.45, 2.75) is 43.8 Å². The second-order valence-electron chi connectivity index (χ2n) is 4.90. The molecule has 0 aromatic carbocycles. The topological polar surface area (TPSA) is 84.6 Å². The molecule has 0 N–H and O–H groups in total. The lowest BCUT2D eigenvalue weighted by molar-refractivity contribution is 0.329. The van der Waals surface area contributed by atoms with E-state index in [0.29, 0.717) is 18.8 Å². The summed E-state index contributed by atoms with van der Waals surface area (Å²) in [6.45, 7) is 2.09. The summed E-state index contributed by atoms with van der Waals surface area (Å²) in [6.07, 6.45) is 5.38. The monoisotopic (exact) mass is 298 g/mol. The van der Waals surface area contributed by atoms with Gasteiger partial charge in [-0.2, -0.15) is 9.30 Å². The van der Waals surface area contributed by atoms with Gasteiger partial charge < -0.3 is 4.57 Å². The number of imidazole rings is 1. The summed E-state index contributed by atoms with van der Waals surface area (Å²) in [6, 6.07) is 0. The van der Waals surface area contributed by atoms with Crippen molar-refractivity contribution in [3.05, 3.63) is 12.0 Å². The van der Waals surface area contributed by atoms with Crippen molar-refractivity contribution >= 4 is 16.1 Å². The van der Waals surface area contributed by atoms with E-state index in [-0.39, 0.29) is 5.03 Å². The maximum atomic E-state index is 12.7. The van der Waals surface area contributed by atoms with Gasteiger partial charge in [0, 0.05) is 19.8 Å². The molecule has 7 nitrogen and oxygen atoms in total. The minimum Gasteiger partial charge on any atom is -0.337 e. The number of hydrogen-bond acceptors (Lipinski definition) is 5. The Balaban J connectivity index is 2.41. The zero-order valence-electron chi connectivity index (χ0n) is 11.6. The Morgan fingerprint density at radius 2 is 2.15 bits per heavy atom. The van der Waals surface area contributed by atoms with E-state index in [4.69, 9.17) is 0 Å². The third-order valence-corrected chi connectivity index (χ3v) is 5.30. The van der Waals surface area contributed by atoms with Crippen molar-refractivity contribution in [3.63, 3.8) is 0 Å². The van der Waals surface area contributed by atoms with Gasteiger partial charge in [0.1, 0.15) is 12.0 Å². The molecule has 110 valence electrons. The van der Waals surface area contributed by atoms with Crippen LogP contribution in [0.5, 0.6) is 0 Å². The Labute approximate surface area is 118 Å². The minimum atomic E-state index is -3.73. The molecule has 1 aromatic heterocycles. The van der Waals surface area contributed by atoms with Crippen molar-refractivity contribution in [2.24, 2.45) is 12.0 Å². The lowest BCUT2D eigenvalue weighted by atomic mass is 10.2. The molecule has 0 spiro atoms. The Bertz CT molecular complexity index is 612. The fourth-order valence-electron chi connectivity index (χ4n) is 2.31. The van der Waals surface area contributed by atoms with Gasteiger partial charge >= 0.3 is 0 Å². The van der Waals surface area contributed by atoms with Crippen LogP contribution < -0.4 is 0 Å². The van der Waals surface area contributed by atoms with Gasteiger partial charge in [-0.15, -0.1) is 0 Å². The predicted octanol–water partition coefficient (Wildman–Crippen LogP) is 0.955. The number of rotatable bonds is 3. The molecule has 8 heteroatoms. The highest BCUT2D eigenvalue weighted by atomic mass is 32.2. The van der Waals surface area contributed by atoms with E-state index >= 15 is 0 Å². The maximum absolute atomic E-state index is 12.7. The first-order valence-electron chi connectivity index (χ1n) is 6.55. The Kier molecular flexibility index (Phi) is 4.37. The predicted molar refractivity (Wildman–Crippen MR) is 72.2 cm³/mol. The average molecular weight is 298 g/mol. The summed E-state index contributed by atoms with van der Waals surface area (Å²) in [7, 11) is -1.99. The Hall–Kier alpha value is -1.50. The van der Waals surface area contributed by atoms with Gasteiger partial charge in [0.05, 0.1) is 0 Å². The van der Waals surface area contributed by atoms with Gasteiger partial charge in [0.25, 0.3) is 10.0 Å². The number of aryl methyl sites for hydroxylation is 2. The standard InChI is InChI=1S/C12H18N4O3S/c1-10-14-12(8-15(10)2)20(18,19)16-7-5-3-4-6-11(16)13-9-17/h8,11H,3-7H2,1-2H3. The average Bonchev–Trinajstić information content (AvgIpc) is 2.63. The van der Waals surface area contributed by atoms with E-state index in [1.165, 1.54) is 16.6 Å². The molecule has 1 aromatic rings. The van der Waals surface area contributed by atoms with Crippen molar-refractivity contribution in [1.82, 2.24) is 13.9 Å². The third-order valence-electron chi connectivity index (χ3n) is 3.53. The second-order valence-corrected chi connectivity index (χ2v) is 6.74. The van der Waals surface area contributed by atoms with Gasteiger partial charge in [0.2, 0.25) is 6.08 Å². The number of carbonyl (C=O) groups excluding carboxylic acids is 1. The van der Waals surface area contributed by atoms with Crippen molar-refractivity contribution < 1.29 is 13.2 Å². The molecule has 20 heavy (non-hydrogen) atoms. The lowest BCUT2D eigenvalue weighted by Crippen LogP contribution is -2.39. The molecule has 1 unspecified atom stereocenters. The summed E-state index contributed by atoms with van der Waals surface area (Å²) in [4.78, 5) is 18.2. The molecule has 1 saturated heterocycles. The van der Waals surface area contributed by atoms with Gasteiger partial charge in [-0.05, 0) is 26.2 Å². The van der Waals surface area contributed by atoms with Gasteiger partial charge in [0.15, 0.2) is 5.03 Å². The first-order valence-corrected chi connectivity index (χ1v) is 7.99. The molecule has 1 aliphatic rings. The molecule has 1 fully saturated rings. The number of nitrogens with zero attached hydrogens (tertiary/aromatic N) is 4. The molecule has 2 heterocycles. The van der Waals surface area contributed by atoms with E-state index in [1.807, 2.05) is 0 Å². The number of isocyanates is 1. The van der Waals surface area contributed by atoms with Crippen LogP contribution in [0.4, 0.5) is 0 Å². The molecular formula is C12H18N4O3S. The Morgan fingerprint density at radius 3 is 2.75 bits per heavy atom. The maximum Gasteiger partial charge on any atom is 0.263 e. The first kappa shape index (κ1) is 14.9. The molecule has 0 saturated carbocycles. The van der Waals surface area contributed by atoms with Crippen molar-refractivity contribution in [1.29, 1.82) is 0 Å². The van der Waals surface area contributed by atoms with Gasteiger partial charge in [-0.25, -0.2) is 18.2 Å². The zero-order chi connectivity index (χ0) is 14.8. The summed E-state index contributed by atoms with van der Waals surface area (Å²) in [5, 5.41) is 0.00509. The van der Waals surface area contributed by atoms with E-state index in [9.17, 15) is 13.2 Å². The van der Waals surface area contributed by atoms with Crippen LogP contribution in [-0.2, 0) is 21.9 Å². The molecule has 0 amide bonds. The fourth-order valence-corrected chi connectivity index (χ4v) is 3.93. The summed E-state index contributed by atoms with van der Waals surface area (Å²) < 4.78 is 28.2. The minimum absolute atomic E-state index is 0.00509. The second kappa shape index (κ2) is 5.87. The highest BCUT2D eigenvalue weighted by molar-refractivity contribution is 7.89. The van der Waals surface area contributed by atoms with Crippen LogP contribution in [0.25, 0.3) is 0 Å². The van der Waals surface area contributed by atoms with Crippen molar-refractivity contribution in [2.75, 3.05) is 6.54 Å². The number of hydrogen-bond donors (Lipinski definition) is 0. The highest BCUT2D eigenvalue weighted by Crippen LogP contribution is 2.24. The molecule has 1 aliphatic heterocycles. The summed E-state index contributed by atoms with van der Waals surface area (Å²) in [5.74, 6) is 0.619. The van der Waals surface area contributed by atoms with E-state index in [2.05, 4.69) is 9.98 Å². The van der Waals surface area contributed by atoms with Crippen LogP contribution >= 0.6 is 0 Å². The molecule has 2 rings (SSSR count). The number of aliphatic imine (C=N–C) groups is 1. The highest BCUT2D eigenvalue weighted by Gasteiger charge is 2.34. The lowest BCUT2D eigenvalue weighted by Gasteiger charge is -2.23. The van der Waals surface area contributed by atoms with Crippen LogP contribution in [0.15, 0.2) is 16.2 Å². The molecule has 0 aliphatic carbocycles. The molecule has 0 bridgehead atoms. The van der Waals surface area contributed by atoms with Crippen LogP contribution in [0.2, 0.25) is 0 Å². The Morgan fingerprint density at radius 1 is 1.40 bits per heavy atom. The van der Waals surface area contributed by atoms with Crippen LogP contribution in [0, 0.1) is 6.92 Å². The van der Waals surface area contributed by atoms with E-state index in [0.717, 1.165) is 19.3 Å². The van der Waals surface area contributed by atoms with E-state index < -0.39 is 16.2 Å². The largest absolute Gasteiger partial charge is 0.337 e. The van der Waals surface area contributed by atoms with Crippen LogP contribution in [0.1, 0.15) is 31.5 Å². The summed E-state index contributed by atoms with van der Waals surface area (Å²) in [5.41, 5.74) is 0. The number of sulfonamides is 1. The smallest absolute Gasteiger partial charge is 0.263 e. The van der Waals surface area contributed by atoms with Crippen LogP contribution in [-0.4, -0.2) is 41.1 Å². The van der Waals surface area contributed by atoms with Gasteiger partial charge in [-0.1, -0.05) is 6.42 Å². The first-order chi connectivity index (χ1) is 9.46. The van der Waals surface area contributed by atoms with Gasteiger partial charge in [-0.3, -0.25) is 0 Å². The SMILES string of the molecule is Cc1nc(S(=O)(=O)N2CCCCCC2N=C=O)cn1C. The third kappa shape index (κ3) is 2.82. The van der Waals surface area contributed by atoms with Crippen molar-refractivity contribution in [3.8, 4) is 0 Å². The summed E-state index contributed by atoms with van der Waals surface area (Å²) >= 11 is 0. The molecule has 1 atom stereocenters. The molecule has 0 radical (unpaired) electrons. The number of aromatic nitrogens is 2.